The lowest BCUT2D eigenvalue weighted by Crippen LogP contribution is -2.11. The molecule has 0 saturated heterocycles. The Hall–Kier alpha value is -5.77. The SMILES string of the molecule is O=S(=O)([O-])c1c(F)c(F)c(Oc2c(-c3ccc4c(ccc5ccccc54)c3)cccc2-c2ccc3ccc4ccccc4c3c2)c(F)c1F. The Morgan fingerprint density at radius 3 is 1.53 bits per heavy atom. The van der Waals surface area contributed by atoms with Gasteiger partial charge in [-0.05, 0) is 66.3 Å². The number of rotatable bonds is 5. The van der Waals surface area contributed by atoms with Crippen molar-refractivity contribution in [2.45, 2.75) is 4.90 Å². The molecule has 0 amide bonds. The van der Waals surface area contributed by atoms with Crippen LogP contribution in [0.1, 0.15) is 0 Å². The third kappa shape index (κ3) is 5.06. The number of halogens is 4. The average molecular weight is 674 g/mol. The highest BCUT2D eigenvalue weighted by Crippen LogP contribution is 2.45. The Morgan fingerprint density at radius 2 is 0.918 bits per heavy atom. The van der Waals surface area contributed by atoms with Crippen LogP contribution in [-0.2, 0) is 10.1 Å². The molecule has 0 aliphatic rings. The van der Waals surface area contributed by atoms with Crippen LogP contribution in [0.2, 0.25) is 0 Å². The van der Waals surface area contributed by atoms with Gasteiger partial charge in [0.1, 0.15) is 20.8 Å². The molecule has 0 atom stereocenters. The Labute approximate surface area is 277 Å². The third-order valence-electron chi connectivity index (χ3n) is 8.77. The normalized spacial score (nSPS) is 11.9. The van der Waals surface area contributed by atoms with Gasteiger partial charge in [-0.15, -0.1) is 0 Å². The number of hydrogen-bond donors (Lipinski definition) is 0. The average Bonchev–Trinajstić information content (AvgIpc) is 3.11. The van der Waals surface area contributed by atoms with Crippen LogP contribution in [0.25, 0.3) is 65.3 Å². The van der Waals surface area contributed by atoms with Gasteiger partial charge in [0, 0.05) is 11.1 Å². The van der Waals surface area contributed by atoms with Crippen LogP contribution in [0, 0.1) is 23.3 Å². The van der Waals surface area contributed by atoms with Crippen molar-refractivity contribution in [2.75, 3.05) is 0 Å². The fourth-order valence-electron chi connectivity index (χ4n) is 6.45. The molecule has 0 aliphatic heterocycles. The smallest absolute Gasteiger partial charge is 0.205 e. The van der Waals surface area contributed by atoms with Crippen LogP contribution < -0.4 is 4.74 Å². The lowest BCUT2D eigenvalue weighted by Gasteiger charge is -2.19. The zero-order chi connectivity index (χ0) is 34.0. The van der Waals surface area contributed by atoms with E-state index in [0.717, 1.165) is 43.1 Å². The Bertz CT molecular complexity index is 2750. The van der Waals surface area contributed by atoms with E-state index in [1.165, 1.54) is 0 Å². The van der Waals surface area contributed by atoms with Gasteiger partial charge in [0.25, 0.3) is 0 Å². The second kappa shape index (κ2) is 11.4. The van der Waals surface area contributed by atoms with Gasteiger partial charge in [0.2, 0.25) is 17.4 Å². The van der Waals surface area contributed by atoms with Crippen LogP contribution >= 0.6 is 0 Å². The first-order chi connectivity index (χ1) is 23.6. The first kappa shape index (κ1) is 30.6. The molecule has 0 unspecified atom stereocenters. The minimum atomic E-state index is -5.91. The zero-order valence-electron chi connectivity index (χ0n) is 25.2. The first-order valence-corrected chi connectivity index (χ1v) is 16.5. The van der Waals surface area contributed by atoms with Gasteiger partial charge in [0.15, 0.2) is 11.6 Å². The molecule has 240 valence electrons. The fourth-order valence-corrected chi connectivity index (χ4v) is 7.07. The molecule has 4 nitrogen and oxygen atoms in total. The summed E-state index contributed by atoms with van der Waals surface area (Å²) in [7, 11) is -5.91. The molecule has 0 spiro atoms. The summed E-state index contributed by atoms with van der Waals surface area (Å²) < 4.78 is 101. The van der Waals surface area contributed by atoms with E-state index in [-0.39, 0.29) is 5.75 Å². The highest BCUT2D eigenvalue weighted by atomic mass is 32.2. The topological polar surface area (TPSA) is 66.4 Å². The fraction of sp³-hybridized carbons (Fsp3) is 0. The van der Waals surface area contributed by atoms with E-state index >= 15 is 8.78 Å². The van der Waals surface area contributed by atoms with Crippen molar-refractivity contribution in [3.63, 3.8) is 0 Å². The number of para-hydroxylation sites is 1. The van der Waals surface area contributed by atoms with E-state index in [1.807, 2.05) is 97.1 Å². The second-order valence-electron chi connectivity index (χ2n) is 11.6. The first-order valence-electron chi connectivity index (χ1n) is 15.1. The van der Waals surface area contributed by atoms with Crippen molar-refractivity contribution >= 4 is 53.2 Å². The summed E-state index contributed by atoms with van der Waals surface area (Å²) in [4.78, 5) is -2.26. The molecule has 8 rings (SSSR count). The quantitative estimate of drug-likeness (QED) is 0.0789. The van der Waals surface area contributed by atoms with E-state index in [0.29, 0.717) is 22.3 Å². The molecule has 9 heteroatoms. The van der Waals surface area contributed by atoms with Crippen LogP contribution in [-0.4, -0.2) is 13.0 Å². The van der Waals surface area contributed by atoms with Gasteiger partial charge >= 0.3 is 0 Å². The van der Waals surface area contributed by atoms with Gasteiger partial charge in [-0.1, -0.05) is 115 Å². The largest absolute Gasteiger partial charge is 0.744 e. The Kier molecular flexibility index (Phi) is 7.13. The maximum Gasteiger partial charge on any atom is 0.205 e. The van der Waals surface area contributed by atoms with Gasteiger partial charge in [-0.25, -0.2) is 17.2 Å². The summed E-state index contributed by atoms with van der Waals surface area (Å²) in [6.45, 7) is 0. The standard InChI is InChI=1S/C40H22F4O4S/c41-34-36(43)40(49(45,46)47)37(44)35(42)39(34)48-38-31(26-18-19-30-25(20-26)16-14-22-6-1-3-8-28(22)30)10-5-11-32(38)27-17-15-24-13-12-23-7-2-4-9-29(23)33(24)21-27/h1-21H,(H,45,46,47)/p-1. The molecule has 0 aromatic heterocycles. The molecule has 0 bridgehead atoms. The molecule has 8 aromatic carbocycles. The van der Waals surface area contributed by atoms with Crippen molar-refractivity contribution in [1.82, 2.24) is 0 Å². The monoisotopic (exact) mass is 673 g/mol. The molecule has 0 aliphatic carbocycles. The minimum absolute atomic E-state index is 0.156. The summed E-state index contributed by atoms with van der Waals surface area (Å²) in [5, 5.41) is 7.62. The predicted octanol–water partition coefficient (Wildman–Crippen LogP) is 10.9. The second-order valence-corrected chi connectivity index (χ2v) is 12.9. The minimum Gasteiger partial charge on any atom is -0.744 e. The summed E-state index contributed by atoms with van der Waals surface area (Å²) >= 11 is 0. The molecular weight excluding hydrogens is 652 g/mol. The van der Waals surface area contributed by atoms with Crippen molar-refractivity contribution in [3.05, 3.63) is 151 Å². The molecule has 0 fully saturated rings. The molecule has 0 saturated carbocycles. The van der Waals surface area contributed by atoms with Gasteiger partial charge in [-0.2, -0.15) is 8.78 Å². The van der Waals surface area contributed by atoms with E-state index in [2.05, 4.69) is 0 Å². The van der Waals surface area contributed by atoms with E-state index in [4.69, 9.17) is 4.74 Å². The highest BCUT2D eigenvalue weighted by Gasteiger charge is 2.31. The van der Waals surface area contributed by atoms with E-state index < -0.39 is 44.0 Å². The molecule has 8 aromatic rings. The van der Waals surface area contributed by atoms with Gasteiger partial charge in [-0.3, -0.25) is 0 Å². The third-order valence-corrected chi connectivity index (χ3v) is 9.62. The van der Waals surface area contributed by atoms with E-state index in [9.17, 15) is 21.8 Å². The molecule has 0 heterocycles. The van der Waals surface area contributed by atoms with Crippen LogP contribution in [0.5, 0.6) is 11.5 Å². The molecule has 49 heavy (non-hydrogen) atoms. The number of fused-ring (bicyclic) bond motifs is 6. The van der Waals surface area contributed by atoms with Crippen LogP contribution in [0.3, 0.4) is 0 Å². The summed E-state index contributed by atoms with van der Waals surface area (Å²) in [5.41, 5.74) is 1.77. The number of benzene rings is 8. The van der Waals surface area contributed by atoms with Crippen LogP contribution in [0.4, 0.5) is 17.6 Å². The zero-order valence-corrected chi connectivity index (χ0v) is 26.0. The predicted molar refractivity (Wildman–Crippen MR) is 182 cm³/mol. The Balaban J connectivity index is 1.39. The van der Waals surface area contributed by atoms with Gasteiger partial charge in [0.05, 0.1) is 0 Å². The van der Waals surface area contributed by atoms with Crippen molar-refractivity contribution in [1.29, 1.82) is 0 Å². The highest BCUT2D eigenvalue weighted by molar-refractivity contribution is 7.85. The van der Waals surface area contributed by atoms with Crippen molar-refractivity contribution in [3.8, 4) is 33.8 Å². The molecule has 0 radical (unpaired) electrons. The van der Waals surface area contributed by atoms with Crippen molar-refractivity contribution < 1.29 is 35.3 Å². The molecule has 0 N–H and O–H groups in total. The summed E-state index contributed by atoms with van der Waals surface area (Å²) in [5.74, 6) is -10.8. The van der Waals surface area contributed by atoms with Crippen molar-refractivity contribution in [2.24, 2.45) is 0 Å². The summed E-state index contributed by atoms with van der Waals surface area (Å²) in [6.07, 6.45) is 0. The summed E-state index contributed by atoms with van der Waals surface area (Å²) in [6, 6.07) is 39.6. The Morgan fingerprint density at radius 1 is 0.449 bits per heavy atom. The maximum absolute atomic E-state index is 15.4. The lowest BCUT2D eigenvalue weighted by atomic mass is 9.93. The van der Waals surface area contributed by atoms with E-state index in [1.54, 1.807) is 30.3 Å². The van der Waals surface area contributed by atoms with Gasteiger partial charge < -0.3 is 9.29 Å². The lowest BCUT2D eigenvalue weighted by molar-refractivity contribution is 0.346. The maximum atomic E-state index is 15.4. The number of hydrogen-bond acceptors (Lipinski definition) is 4. The number of ether oxygens (including phenoxy) is 1. The van der Waals surface area contributed by atoms with Crippen LogP contribution in [0.15, 0.2) is 132 Å². The molecular formula is C40H21F4O4S-.